The number of anilines is 1. The number of para-hydroxylation sites is 2. The number of allylic oxidation sites excluding steroid dienone is 1. The van der Waals surface area contributed by atoms with Crippen LogP contribution in [0.2, 0.25) is 0 Å². The van der Waals surface area contributed by atoms with Crippen molar-refractivity contribution >= 4 is 28.3 Å². The van der Waals surface area contributed by atoms with Crippen LogP contribution in [0.4, 0.5) is 10.1 Å². The Kier molecular flexibility index (Phi) is 5.88. The molecule has 1 aromatic heterocycles. The van der Waals surface area contributed by atoms with Crippen LogP contribution in [-0.2, 0) is 14.9 Å². The van der Waals surface area contributed by atoms with Crippen LogP contribution in [0.1, 0.15) is 29.8 Å². The number of esters is 1. The molecule has 1 aliphatic rings. The number of carbonyl (C=O) groups excluding carboxylic acids is 2. The van der Waals surface area contributed by atoms with Gasteiger partial charge in [0.15, 0.2) is 12.4 Å². The van der Waals surface area contributed by atoms with Gasteiger partial charge in [0, 0.05) is 40.9 Å². The molecule has 0 saturated heterocycles. The van der Waals surface area contributed by atoms with Crippen molar-refractivity contribution in [3.63, 3.8) is 0 Å². The average Bonchev–Trinajstić information content (AvgIpc) is 3.07. The summed E-state index contributed by atoms with van der Waals surface area (Å²) in [6, 6.07) is 22.8. The summed E-state index contributed by atoms with van der Waals surface area (Å²) in [5.41, 5.74) is 4.77. The highest BCUT2D eigenvalue weighted by Gasteiger charge is 2.38. The van der Waals surface area contributed by atoms with Gasteiger partial charge in [-0.05, 0) is 48.0 Å². The van der Waals surface area contributed by atoms with Gasteiger partial charge in [-0.3, -0.25) is 4.79 Å². The van der Waals surface area contributed by atoms with Crippen LogP contribution in [-0.4, -0.2) is 30.4 Å². The lowest BCUT2D eigenvalue weighted by Crippen LogP contribution is -2.25. The molecule has 0 saturated carbocycles. The monoisotopic (exact) mass is 480 g/mol. The van der Waals surface area contributed by atoms with Gasteiger partial charge in [-0.1, -0.05) is 50.2 Å². The van der Waals surface area contributed by atoms with Gasteiger partial charge in [0.2, 0.25) is 0 Å². The Morgan fingerprint density at radius 1 is 1.00 bits per heavy atom. The lowest BCUT2D eigenvalue weighted by Gasteiger charge is -2.23. The molecule has 0 aliphatic carbocycles. The number of nitrogens with zero attached hydrogens (tertiary/aromatic N) is 2. The number of hydrogen-bond acceptors (Lipinski definition) is 5. The van der Waals surface area contributed by atoms with Crippen molar-refractivity contribution in [3.05, 3.63) is 108 Å². The number of hydrogen-bond donors (Lipinski definition) is 0. The molecule has 36 heavy (non-hydrogen) atoms. The van der Waals surface area contributed by atoms with Crippen molar-refractivity contribution in [3.8, 4) is 11.3 Å². The summed E-state index contributed by atoms with van der Waals surface area (Å²) in [6.45, 7) is 3.76. The Hall–Kier alpha value is -4.32. The second kappa shape index (κ2) is 9.04. The lowest BCUT2D eigenvalue weighted by atomic mass is 9.83. The number of ketones is 1. The summed E-state index contributed by atoms with van der Waals surface area (Å²) in [4.78, 5) is 32.6. The van der Waals surface area contributed by atoms with Crippen LogP contribution in [0.3, 0.4) is 0 Å². The second-order valence-corrected chi connectivity index (χ2v) is 9.35. The molecule has 180 valence electrons. The fourth-order valence-corrected chi connectivity index (χ4v) is 4.78. The zero-order valence-electron chi connectivity index (χ0n) is 20.3. The number of rotatable bonds is 5. The number of fused-ring (bicyclic) bond motifs is 2. The topological polar surface area (TPSA) is 59.5 Å². The van der Waals surface area contributed by atoms with Gasteiger partial charge in [0.05, 0.1) is 16.8 Å². The highest BCUT2D eigenvalue weighted by molar-refractivity contribution is 6.05. The fraction of sp³-hybridized carbons (Fsp3) is 0.167. The quantitative estimate of drug-likeness (QED) is 0.256. The van der Waals surface area contributed by atoms with Gasteiger partial charge in [0.25, 0.3) is 0 Å². The van der Waals surface area contributed by atoms with Crippen LogP contribution in [0.5, 0.6) is 0 Å². The van der Waals surface area contributed by atoms with Crippen LogP contribution in [0, 0.1) is 5.82 Å². The summed E-state index contributed by atoms with van der Waals surface area (Å²) in [5, 5.41) is 0.617. The lowest BCUT2D eigenvalue weighted by molar-refractivity contribution is -0.117. The van der Waals surface area contributed by atoms with Gasteiger partial charge in [0.1, 0.15) is 5.82 Å². The van der Waals surface area contributed by atoms with E-state index >= 15 is 0 Å². The van der Waals surface area contributed by atoms with E-state index in [0.717, 1.165) is 16.9 Å². The first kappa shape index (κ1) is 23.4. The Balaban J connectivity index is 1.39. The number of halogens is 1. The fourth-order valence-electron chi connectivity index (χ4n) is 4.78. The summed E-state index contributed by atoms with van der Waals surface area (Å²) < 4.78 is 18.9. The zero-order valence-corrected chi connectivity index (χ0v) is 20.3. The smallest absolute Gasteiger partial charge is 0.339 e. The van der Waals surface area contributed by atoms with Crippen LogP contribution >= 0.6 is 0 Å². The first-order chi connectivity index (χ1) is 17.3. The molecule has 2 heterocycles. The number of pyridine rings is 1. The molecule has 0 spiro atoms. The maximum absolute atomic E-state index is 13.4. The van der Waals surface area contributed by atoms with E-state index < -0.39 is 5.97 Å². The Labute approximate surface area is 208 Å². The van der Waals surface area contributed by atoms with E-state index in [0.29, 0.717) is 27.7 Å². The molecule has 1 aliphatic heterocycles. The van der Waals surface area contributed by atoms with Crippen LogP contribution < -0.4 is 4.90 Å². The first-order valence-corrected chi connectivity index (χ1v) is 11.7. The Bertz CT molecular complexity index is 1520. The minimum absolute atomic E-state index is 0.297. The van der Waals surface area contributed by atoms with Gasteiger partial charge in [-0.15, -0.1) is 0 Å². The highest BCUT2D eigenvalue weighted by atomic mass is 19.1. The van der Waals surface area contributed by atoms with Crippen molar-refractivity contribution in [1.29, 1.82) is 0 Å². The van der Waals surface area contributed by atoms with E-state index in [4.69, 9.17) is 4.74 Å². The van der Waals surface area contributed by atoms with Gasteiger partial charge >= 0.3 is 5.97 Å². The maximum atomic E-state index is 13.4. The third-order valence-corrected chi connectivity index (χ3v) is 6.66. The summed E-state index contributed by atoms with van der Waals surface area (Å²) in [7, 11) is 1.93. The first-order valence-electron chi connectivity index (χ1n) is 11.7. The number of aromatic nitrogens is 1. The molecule has 3 aromatic carbocycles. The minimum atomic E-state index is -0.619. The van der Waals surface area contributed by atoms with E-state index in [1.807, 2.05) is 42.3 Å². The summed E-state index contributed by atoms with van der Waals surface area (Å²) >= 11 is 0. The molecule has 5 rings (SSSR count). The number of carbonyl (C=O) groups is 2. The second-order valence-electron chi connectivity index (χ2n) is 9.35. The molecule has 0 amide bonds. The van der Waals surface area contributed by atoms with Crippen LogP contribution in [0.25, 0.3) is 22.2 Å². The van der Waals surface area contributed by atoms with E-state index in [-0.39, 0.29) is 23.6 Å². The van der Waals surface area contributed by atoms with Crippen molar-refractivity contribution in [1.82, 2.24) is 4.98 Å². The SMILES string of the molecule is CN1C(=CC(=O)COC(=O)c2cc(-c3ccc(F)cc3)nc3ccccc23)C(C)(C)c2ccccc21. The molecule has 0 bridgehead atoms. The maximum Gasteiger partial charge on any atom is 0.339 e. The molecule has 0 fully saturated rings. The van der Waals surface area contributed by atoms with Crippen molar-refractivity contribution < 1.29 is 18.7 Å². The third-order valence-electron chi connectivity index (χ3n) is 6.66. The molecular weight excluding hydrogens is 455 g/mol. The molecule has 0 radical (unpaired) electrons. The summed E-state index contributed by atoms with van der Waals surface area (Å²) in [5.74, 6) is -1.28. The minimum Gasteiger partial charge on any atom is -0.454 e. The van der Waals surface area contributed by atoms with Crippen molar-refractivity contribution in [2.24, 2.45) is 0 Å². The third kappa shape index (κ3) is 4.15. The normalized spacial score (nSPS) is 15.2. The van der Waals surface area contributed by atoms with E-state index in [1.165, 1.54) is 12.1 Å². The Morgan fingerprint density at radius 3 is 2.44 bits per heavy atom. The number of likely N-dealkylation sites (N-methyl/N-ethyl adjacent to an activating group) is 1. The molecule has 4 aromatic rings. The van der Waals surface area contributed by atoms with Crippen molar-refractivity contribution in [2.75, 3.05) is 18.6 Å². The average molecular weight is 481 g/mol. The van der Waals surface area contributed by atoms with E-state index in [2.05, 4.69) is 24.9 Å². The number of ether oxygens (including phenoxy) is 1. The largest absolute Gasteiger partial charge is 0.454 e. The molecular formula is C30H25FN2O3. The molecule has 0 N–H and O–H groups in total. The molecule has 6 heteroatoms. The predicted octanol–water partition coefficient (Wildman–Crippen LogP) is 6.08. The predicted molar refractivity (Wildman–Crippen MR) is 138 cm³/mol. The van der Waals surface area contributed by atoms with Gasteiger partial charge in [-0.25, -0.2) is 14.2 Å². The zero-order chi connectivity index (χ0) is 25.4. The van der Waals surface area contributed by atoms with E-state index in [9.17, 15) is 14.0 Å². The molecule has 0 atom stereocenters. The van der Waals surface area contributed by atoms with Gasteiger partial charge in [-0.2, -0.15) is 0 Å². The Morgan fingerprint density at radius 2 is 1.69 bits per heavy atom. The standard InChI is InChI=1S/C30H25FN2O3/c1-30(2)24-9-5-7-11-27(24)33(3)28(30)16-21(34)18-36-29(35)23-17-26(19-12-14-20(31)15-13-19)32-25-10-6-4-8-22(23)25/h4-17H,18H2,1-3H3. The number of benzene rings is 3. The van der Waals surface area contributed by atoms with E-state index in [1.54, 1.807) is 36.4 Å². The summed E-state index contributed by atoms with van der Waals surface area (Å²) in [6.07, 6.45) is 1.56. The molecule has 5 nitrogen and oxygen atoms in total. The highest BCUT2D eigenvalue weighted by Crippen LogP contribution is 2.46. The molecule has 0 unspecified atom stereocenters. The van der Waals surface area contributed by atoms with Crippen molar-refractivity contribution in [2.45, 2.75) is 19.3 Å². The van der Waals surface area contributed by atoms with Gasteiger partial charge < -0.3 is 9.64 Å². The van der Waals surface area contributed by atoms with Crippen LogP contribution in [0.15, 0.2) is 90.6 Å².